The fourth-order valence-electron chi connectivity index (χ4n) is 1.90. The first-order valence-electron chi connectivity index (χ1n) is 6.83. The predicted octanol–water partition coefficient (Wildman–Crippen LogP) is 2.62. The first kappa shape index (κ1) is 18.7. The monoisotopic (exact) mass is 374 g/mol. The van der Waals surface area contributed by atoms with Gasteiger partial charge in [-0.25, -0.2) is 4.98 Å². The number of ether oxygens (including phenoxy) is 1. The van der Waals surface area contributed by atoms with Crippen molar-refractivity contribution in [2.75, 3.05) is 11.8 Å². The average molecular weight is 374 g/mol. The summed E-state index contributed by atoms with van der Waals surface area (Å²) in [4.78, 5) is 14.6. The molecule has 1 aromatic heterocycles. The summed E-state index contributed by atoms with van der Waals surface area (Å²) in [6, 6.07) is 7.38. The van der Waals surface area contributed by atoms with Gasteiger partial charge in [-0.2, -0.15) is 21.6 Å². The van der Waals surface area contributed by atoms with Crippen LogP contribution in [-0.4, -0.2) is 26.5 Å². The van der Waals surface area contributed by atoms with Crippen molar-refractivity contribution in [2.45, 2.75) is 17.6 Å². The number of alkyl halides is 3. The standard InChI is InChI=1S/C15H13F3N2O4S/c1-24-14(21)8-10-3-2-4-12(7-10)20-25(22,23)13-6-5-11(9-19-13)15(16,17)18/h2-7,9,20H,8H2,1H3. The number of benzene rings is 1. The van der Waals surface area contributed by atoms with E-state index in [0.717, 1.165) is 6.07 Å². The molecule has 1 heterocycles. The highest BCUT2D eigenvalue weighted by Gasteiger charge is 2.31. The summed E-state index contributed by atoms with van der Waals surface area (Å²) in [5.74, 6) is -0.496. The molecular formula is C15H13F3N2O4S. The molecule has 0 aliphatic rings. The van der Waals surface area contributed by atoms with E-state index >= 15 is 0 Å². The molecule has 0 radical (unpaired) electrons. The number of carbonyl (C=O) groups is 1. The van der Waals surface area contributed by atoms with E-state index in [1.54, 1.807) is 6.07 Å². The number of nitrogens with one attached hydrogen (secondary N) is 1. The minimum Gasteiger partial charge on any atom is -0.469 e. The third-order valence-corrected chi connectivity index (χ3v) is 4.39. The summed E-state index contributed by atoms with van der Waals surface area (Å²) < 4.78 is 68.6. The normalized spacial score (nSPS) is 11.8. The van der Waals surface area contributed by atoms with Gasteiger partial charge in [0, 0.05) is 11.9 Å². The lowest BCUT2D eigenvalue weighted by molar-refractivity contribution is -0.140. The number of aromatic nitrogens is 1. The number of hydrogen-bond acceptors (Lipinski definition) is 5. The maximum Gasteiger partial charge on any atom is 0.417 e. The summed E-state index contributed by atoms with van der Waals surface area (Å²) in [5.41, 5.74) is -0.401. The van der Waals surface area contributed by atoms with Gasteiger partial charge in [0.05, 0.1) is 19.1 Å². The van der Waals surface area contributed by atoms with Crippen molar-refractivity contribution < 1.29 is 31.1 Å². The molecule has 1 aromatic carbocycles. The molecule has 0 unspecified atom stereocenters. The molecule has 0 saturated heterocycles. The van der Waals surface area contributed by atoms with E-state index in [-0.39, 0.29) is 12.1 Å². The zero-order valence-electron chi connectivity index (χ0n) is 12.9. The maximum absolute atomic E-state index is 12.5. The first-order valence-corrected chi connectivity index (χ1v) is 8.32. The number of carbonyl (C=O) groups excluding carboxylic acids is 1. The maximum atomic E-state index is 12.5. The number of hydrogen-bond donors (Lipinski definition) is 1. The molecule has 10 heteroatoms. The van der Waals surface area contributed by atoms with Crippen LogP contribution in [0.25, 0.3) is 0 Å². The van der Waals surface area contributed by atoms with E-state index in [0.29, 0.717) is 17.8 Å². The van der Waals surface area contributed by atoms with E-state index < -0.39 is 32.8 Å². The molecule has 2 aromatic rings. The van der Waals surface area contributed by atoms with Crippen molar-refractivity contribution in [3.63, 3.8) is 0 Å². The number of rotatable bonds is 5. The van der Waals surface area contributed by atoms with Gasteiger partial charge >= 0.3 is 12.1 Å². The van der Waals surface area contributed by atoms with Crippen LogP contribution in [0, 0.1) is 0 Å². The number of sulfonamides is 1. The molecule has 0 amide bonds. The van der Waals surface area contributed by atoms with Gasteiger partial charge in [-0.1, -0.05) is 12.1 Å². The Balaban J connectivity index is 2.21. The first-order chi connectivity index (χ1) is 11.6. The predicted molar refractivity (Wildman–Crippen MR) is 82.2 cm³/mol. The van der Waals surface area contributed by atoms with Gasteiger partial charge in [0.25, 0.3) is 10.0 Å². The largest absolute Gasteiger partial charge is 0.469 e. The quantitative estimate of drug-likeness (QED) is 0.813. The molecule has 0 fully saturated rings. The molecule has 1 N–H and O–H groups in total. The molecule has 0 aliphatic heterocycles. The topological polar surface area (TPSA) is 85.4 Å². The third kappa shape index (κ3) is 4.92. The number of halogens is 3. The summed E-state index contributed by atoms with van der Waals surface area (Å²) in [7, 11) is -2.94. The molecule has 0 atom stereocenters. The Morgan fingerprint density at radius 2 is 1.96 bits per heavy atom. The SMILES string of the molecule is COC(=O)Cc1cccc(NS(=O)(=O)c2ccc(C(F)(F)F)cn2)c1. The zero-order chi connectivity index (χ0) is 18.7. The summed E-state index contributed by atoms with van der Waals surface area (Å²) in [5, 5.41) is -0.557. The summed E-state index contributed by atoms with van der Waals surface area (Å²) in [6.45, 7) is 0. The molecule has 0 saturated carbocycles. The molecule has 25 heavy (non-hydrogen) atoms. The summed E-state index contributed by atoms with van der Waals surface area (Å²) >= 11 is 0. The van der Waals surface area contributed by atoms with Gasteiger partial charge in [-0.05, 0) is 29.8 Å². The summed E-state index contributed by atoms with van der Waals surface area (Å²) in [6.07, 6.45) is -4.21. The highest BCUT2D eigenvalue weighted by atomic mass is 32.2. The van der Waals surface area contributed by atoms with Crippen LogP contribution in [0.15, 0.2) is 47.6 Å². The Morgan fingerprint density at radius 1 is 1.24 bits per heavy atom. The minimum absolute atomic E-state index is 0.0510. The van der Waals surface area contributed by atoms with E-state index in [1.807, 2.05) is 0 Å². The highest BCUT2D eigenvalue weighted by molar-refractivity contribution is 7.92. The molecule has 0 bridgehead atoms. The molecule has 2 rings (SSSR count). The van der Waals surface area contributed by atoms with Gasteiger partial charge < -0.3 is 4.74 Å². The van der Waals surface area contributed by atoms with Crippen LogP contribution in [0.5, 0.6) is 0 Å². The van der Waals surface area contributed by atoms with Crippen molar-refractivity contribution in [1.29, 1.82) is 0 Å². The van der Waals surface area contributed by atoms with Crippen molar-refractivity contribution >= 4 is 21.7 Å². The Bertz CT molecular complexity index is 865. The van der Waals surface area contributed by atoms with Crippen molar-refractivity contribution in [1.82, 2.24) is 4.98 Å². The Morgan fingerprint density at radius 3 is 2.52 bits per heavy atom. The number of anilines is 1. The van der Waals surface area contributed by atoms with E-state index in [1.165, 1.54) is 25.3 Å². The Labute approximate surface area is 141 Å². The molecule has 0 aliphatic carbocycles. The second-order valence-corrected chi connectivity index (χ2v) is 6.57. The zero-order valence-corrected chi connectivity index (χ0v) is 13.7. The minimum atomic E-state index is -4.61. The van der Waals surface area contributed by atoms with Crippen LogP contribution >= 0.6 is 0 Å². The van der Waals surface area contributed by atoms with E-state index in [9.17, 15) is 26.4 Å². The smallest absolute Gasteiger partial charge is 0.417 e. The fraction of sp³-hybridized carbons (Fsp3) is 0.200. The lowest BCUT2D eigenvalue weighted by Gasteiger charge is -2.10. The van der Waals surface area contributed by atoms with Crippen molar-refractivity contribution in [3.05, 3.63) is 53.7 Å². The molecule has 134 valence electrons. The Kier molecular flexibility index (Phi) is 5.31. The second kappa shape index (κ2) is 7.09. The van der Waals surface area contributed by atoms with Gasteiger partial charge in [-0.15, -0.1) is 0 Å². The van der Waals surface area contributed by atoms with E-state index in [4.69, 9.17) is 0 Å². The highest BCUT2D eigenvalue weighted by Crippen LogP contribution is 2.29. The number of methoxy groups -OCH3 is 1. The van der Waals surface area contributed by atoms with Crippen LogP contribution in [0.2, 0.25) is 0 Å². The molecular weight excluding hydrogens is 361 g/mol. The Hall–Kier alpha value is -2.62. The van der Waals surface area contributed by atoms with Crippen LogP contribution in [0.4, 0.5) is 18.9 Å². The van der Waals surface area contributed by atoms with Gasteiger partial charge in [0.15, 0.2) is 5.03 Å². The second-order valence-electron chi connectivity index (χ2n) is 4.94. The number of pyridine rings is 1. The lowest BCUT2D eigenvalue weighted by Crippen LogP contribution is -2.16. The van der Waals surface area contributed by atoms with Crippen LogP contribution < -0.4 is 4.72 Å². The number of esters is 1. The van der Waals surface area contributed by atoms with Crippen molar-refractivity contribution in [3.8, 4) is 0 Å². The molecule has 6 nitrogen and oxygen atoms in total. The number of nitrogens with zero attached hydrogens (tertiary/aromatic N) is 1. The van der Waals surface area contributed by atoms with Crippen LogP contribution in [0.3, 0.4) is 0 Å². The lowest BCUT2D eigenvalue weighted by atomic mass is 10.1. The third-order valence-electron chi connectivity index (χ3n) is 3.09. The fourth-order valence-corrected chi connectivity index (χ4v) is 2.88. The van der Waals surface area contributed by atoms with Gasteiger partial charge in [-0.3, -0.25) is 9.52 Å². The van der Waals surface area contributed by atoms with Crippen LogP contribution in [0.1, 0.15) is 11.1 Å². The average Bonchev–Trinajstić information content (AvgIpc) is 2.54. The van der Waals surface area contributed by atoms with Crippen molar-refractivity contribution in [2.24, 2.45) is 0 Å². The van der Waals surface area contributed by atoms with Gasteiger partial charge in [0.2, 0.25) is 0 Å². The van der Waals surface area contributed by atoms with E-state index in [2.05, 4.69) is 14.4 Å². The van der Waals surface area contributed by atoms with Crippen LogP contribution in [-0.2, 0) is 32.2 Å². The van der Waals surface area contributed by atoms with Gasteiger partial charge in [0.1, 0.15) is 0 Å². The molecule has 0 spiro atoms.